The summed E-state index contributed by atoms with van der Waals surface area (Å²) in [4.78, 5) is 26.4. The van der Waals surface area contributed by atoms with Crippen molar-refractivity contribution >= 4 is 23.5 Å². The van der Waals surface area contributed by atoms with Crippen LogP contribution in [-0.4, -0.2) is 42.1 Å². The number of aromatic nitrogens is 2. The third kappa shape index (κ3) is 3.97. The highest BCUT2D eigenvalue weighted by Crippen LogP contribution is 2.25. The lowest BCUT2D eigenvalue weighted by molar-refractivity contribution is 0.0962. The number of carbonyl (C=O) groups is 1. The van der Waals surface area contributed by atoms with E-state index < -0.39 is 0 Å². The zero-order chi connectivity index (χ0) is 18.6. The summed E-state index contributed by atoms with van der Waals surface area (Å²) in [5.74, 6) is 2.12. The van der Waals surface area contributed by atoms with Gasteiger partial charge in [-0.3, -0.25) is 15.6 Å². The van der Waals surface area contributed by atoms with E-state index in [9.17, 15) is 4.79 Å². The van der Waals surface area contributed by atoms with Gasteiger partial charge in [-0.1, -0.05) is 18.2 Å². The van der Waals surface area contributed by atoms with Crippen LogP contribution in [0.25, 0.3) is 0 Å². The Labute approximate surface area is 159 Å². The molecule has 7 heteroatoms. The largest absolute Gasteiger partial charge is 0.356 e. The predicted molar refractivity (Wildman–Crippen MR) is 107 cm³/mol. The van der Waals surface area contributed by atoms with Crippen molar-refractivity contribution in [3.8, 4) is 0 Å². The molecule has 2 aliphatic rings. The average molecular weight is 366 g/mol. The Morgan fingerprint density at radius 3 is 2.33 bits per heavy atom. The van der Waals surface area contributed by atoms with Crippen LogP contribution in [0.5, 0.6) is 0 Å². The van der Waals surface area contributed by atoms with E-state index >= 15 is 0 Å². The van der Waals surface area contributed by atoms with Crippen LogP contribution in [0.3, 0.4) is 0 Å². The quantitative estimate of drug-likeness (QED) is 0.793. The minimum absolute atomic E-state index is 0.169. The van der Waals surface area contributed by atoms with Gasteiger partial charge in [0.05, 0.1) is 0 Å². The number of anilines is 3. The first-order chi connectivity index (χ1) is 13.2. The third-order valence-electron chi connectivity index (χ3n) is 5.21. The summed E-state index contributed by atoms with van der Waals surface area (Å²) >= 11 is 0. The van der Waals surface area contributed by atoms with E-state index in [1.807, 2.05) is 37.3 Å². The van der Waals surface area contributed by atoms with Crippen molar-refractivity contribution in [2.24, 2.45) is 0 Å². The van der Waals surface area contributed by atoms with E-state index in [1.165, 1.54) is 25.7 Å². The van der Waals surface area contributed by atoms with Gasteiger partial charge in [0.25, 0.3) is 5.91 Å². The van der Waals surface area contributed by atoms with Gasteiger partial charge in [0.15, 0.2) is 5.82 Å². The number of nitrogens with zero attached hydrogens (tertiary/aromatic N) is 4. The van der Waals surface area contributed by atoms with Gasteiger partial charge >= 0.3 is 0 Å². The Kier molecular flexibility index (Phi) is 5.09. The van der Waals surface area contributed by atoms with Gasteiger partial charge in [-0.25, -0.2) is 0 Å². The monoisotopic (exact) mass is 366 g/mol. The van der Waals surface area contributed by atoms with Crippen LogP contribution in [0.1, 0.15) is 41.6 Å². The number of rotatable bonds is 5. The number of hydrazine groups is 1. The van der Waals surface area contributed by atoms with Crippen molar-refractivity contribution in [2.45, 2.75) is 32.6 Å². The molecule has 1 amide bonds. The molecular weight excluding hydrogens is 340 g/mol. The zero-order valence-electron chi connectivity index (χ0n) is 15.7. The highest BCUT2D eigenvalue weighted by molar-refractivity contribution is 5.96. The zero-order valence-corrected chi connectivity index (χ0v) is 15.7. The van der Waals surface area contributed by atoms with Gasteiger partial charge in [-0.15, -0.1) is 0 Å². The number of aryl methyl sites for hydroxylation is 1. The van der Waals surface area contributed by atoms with Gasteiger partial charge in [0.2, 0.25) is 5.95 Å². The normalized spacial score (nSPS) is 16.6. The first kappa shape index (κ1) is 17.6. The van der Waals surface area contributed by atoms with Crippen LogP contribution in [0.4, 0.5) is 17.6 Å². The van der Waals surface area contributed by atoms with Crippen molar-refractivity contribution in [1.82, 2.24) is 15.4 Å². The Morgan fingerprint density at radius 2 is 1.63 bits per heavy atom. The van der Waals surface area contributed by atoms with Crippen LogP contribution in [0.2, 0.25) is 0 Å². The van der Waals surface area contributed by atoms with Crippen LogP contribution in [0.15, 0.2) is 30.3 Å². The molecule has 142 valence electrons. The van der Waals surface area contributed by atoms with Crippen LogP contribution in [0, 0.1) is 6.92 Å². The van der Waals surface area contributed by atoms with Crippen molar-refractivity contribution < 1.29 is 4.79 Å². The van der Waals surface area contributed by atoms with Gasteiger partial charge in [0, 0.05) is 37.8 Å². The molecule has 1 aromatic heterocycles. The lowest BCUT2D eigenvalue weighted by Crippen LogP contribution is -2.31. The number of carbonyl (C=O) groups excluding carboxylic acids is 1. The first-order valence-electron chi connectivity index (χ1n) is 9.72. The van der Waals surface area contributed by atoms with Gasteiger partial charge in [0.1, 0.15) is 5.82 Å². The van der Waals surface area contributed by atoms with E-state index in [4.69, 9.17) is 4.98 Å². The second kappa shape index (κ2) is 7.82. The predicted octanol–water partition coefficient (Wildman–Crippen LogP) is 2.74. The molecule has 0 bridgehead atoms. The minimum atomic E-state index is -0.169. The fourth-order valence-corrected chi connectivity index (χ4v) is 3.67. The molecule has 2 aliphatic heterocycles. The second-order valence-corrected chi connectivity index (χ2v) is 7.19. The fourth-order valence-electron chi connectivity index (χ4n) is 3.67. The number of nitrogens with one attached hydrogen (secondary N) is 2. The first-order valence-corrected chi connectivity index (χ1v) is 9.72. The van der Waals surface area contributed by atoms with E-state index in [0.717, 1.165) is 43.5 Å². The summed E-state index contributed by atoms with van der Waals surface area (Å²) in [5, 5.41) is 0. The molecule has 0 radical (unpaired) electrons. The molecule has 3 heterocycles. The summed E-state index contributed by atoms with van der Waals surface area (Å²) in [6.45, 7) is 5.93. The summed E-state index contributed by atoms with van der Waals surface area (Å²) in [6, 6.07) is 9.45. The summed E-state index contributed by atoms with van der Waals surface area (Å²) in [5.41, 5.74) is 7.36. The average Bonchev–Trinajstić information content (AvgIpc) is 3.40. The molecule has 1 aromatic carbocycles. The molecule has 0 unspecified atom stereocenters. The Balaban J connectivity index is 1.53. The van der Waals surface area contributed by atoms with Crippen molar-refractivity contribution in [1.29, 1.82) is 0 Å². The minimum Gasteiger partial charge on any atom is -0.356 e. The molecule has 0 atom stereocenters. The maximum absolute atomic E-state index is 12.5. The highest BCUT2D eigenvalue weighted by atomic mass is 16.2. The Morgan fingerprint density at radius 1 is 0.963 bits per heavy atom. The smallest absolute Gasteiger partial charge is 0.269 e. The molecule has 2 N–H and O–H groups in total. The van der Waals surface area contributed by atoms with Crippen molar-refractivity contribution in [3.63, 3.8) is 0 Å². The Bertz CT molecular complexity index is 778. The molecule has 27 heavy (non-hydrogen) atoms. The summed E-state index contributed by atoms with van der Waals surface area (Å²) < 4.78 is 0. The van der Waals surface area contributed by atoms with E-state index in [1.54, 1.807) is 0 Å². The van der Waals surface area contributed by atoms with E-state index in [-0.39, 0.29) is 5.91 Å². The molecule has 4 rings (SSSR count). The highest BCUT2D eigenvalue weighted by Gasteiger charge is 2.20. The van der Waals surface area contributed by atoms with Gasteiger partial charge in [-0.2, -0.15) is 9.97 Å². The SMILES string of the molecule is Cc1ccccc1C(=O)NNc1cc(N2CCCC2)nc(N2CCCC2)n1. The maximum atomic E-state index is 12.5. The Hall–Kier alpha value is -2.83. The lowest BCUT2D eigenvalue weighted by atomic mass is 10.1. The van der Waals surface area contributed by atoms with Crippen LogP contribution < -0.4 is 20.7 Å². The van der Waals surface area contributed by atoms with E-state index in [0.29, 0.717) is 11.4 Å². The molecule has 0 spiro atoms. The van der Waals surface area contributed by atoms with Crippen molar-refractivity contribution in [3.05, 3.63) is 41.5 Å². The van der Waals surface area contributed by atoms with Gasteiger partial charge < -0.3 is 9.80 Å². The molecule has 2 saturated heterocycles. The van der Waals surface area contributed by atoms with Gasteiger partial charge in [-0.05, 0) is 44.2 Å². The molecule has 2 aromatic rings. The third-order valence-corrected chi connectivity index (χ3v) is 5.21. The number of amides is 1. The molecule has 0 aliphatic carbocycles. The maximum Gasteiger partial charge on any atom is 0.269 e. The topological polar surface area (TPSA) is 73.4 Å². The number of hydrogen-bond acceptors (Lipinski definition) is 6. The lowest BCUT2D eigenvalue weighted by Gasteiger charge is -2.22. The summed E-state index contributed by atoms with van der Waals surface area (Å²) in [6.07, 6.45) is 4.72. The van der Waals surface area contributed by atoms with Crippen molar-refractivity contribution in [2.75, 3.05) is 41.4 Å². The molecule has 7 nitrogen and oxygen atoms in total. The fraction of sp³-hybridized carbons (Fsp3) is 0.450. The summed E-state index contributed by atoms with van der Waals surface area (Å²) in [7, 11) is 0. The van der Waals surface area contributed by atoms with E-state index in [2.05, 4.69) is 25.6 Å². The van der Waals surface area contributed by atoms with Crippen LogP contribution >= 0.6 is 0 Å². The van der Waals surface area contributed by atoms with Crippen LogP contribution in [-0.2, 0) is 0 Å². The molecular formula is C20H26N6O. The molecule has 2 fully saturated rings. The number of benzene rings is 1. The standard InChI is InChI=1S/C20H26N6O/c1-15-8-2-3-9-16(15)19(27)24-23-17-14-18(25-10-4-5-11-25)22-20(21-17)26-12-6-7-13-26/h2-3,8-9,14H,4-7,10-13H2,1H3,(H,24,27)(H,21,22,23). The molecule has 0 saturated carbocycles. The second-order valence-electron chi connectivity index (χ2n) is 7.19. The number of hydrogen-bond donors (Lipinski definition) is 2.